The van der Waals surface area contributed by atoms with Gasteiger partial charge in [0.2, 0.25) is 5.91 Å². The van der Waals surface area contributed by atoms with Crippen LogP contribution in [0.3, 0.4) is 0 Å². The maximum Gasteiger partial charge on any atom is 0.324 e. The van der Waals surface area contributed by atoms with Gasteiger partial charge in [-0.15, -0.1) is 11.3 Å². The first-order chi connectivity index (χ1) is 35.6. The third kappa shape index (κ3) is 10.8. The predicted molar refractivity (Wildman–Crippen MR) is 284 cm³/mol. The molecule has 18 heteroatoms. The molecule has 74 heavy (non-hydrogen) atoms. The molecular weight excluding hydrogens is 959 g/mol. The molecule has 4 aromatic rings. The summed E-state index contributed by atoms with van der Waals surface area (Å²) in [5.74, 6) is -1.06. The van der Waals surface area contributed by atoms with Crippen LogP contribution in [0.5, 0.6) is 0 Å². The highest BCUT2D eigenvalue weighted by Gasteiger charge is 2.49. The number of anilines is 1. The van der Waals surface area contributed by atoms with Crippen LogP contribution in [0.1, 0.15) is 115 Å². The molecule has 6 aliphatic heterocycles. The van der Waals surface area contributed by atoms with Crippen LogP contribution in [0, 0.1) is 10.8 Å². The smallest absolute Gasteiger partial charge is 0.324 e. The third-order valence-corrected chi connectivity index (χ3v) is 17.4. The Bertz CT molecular complexity index is 2690. The molecule has 1 aromatic carbocycles. The maximum absolute atomic E-state index is 15.1. The first-order valence-electron chi connectivity index (χ1n) is 27.4. The van der Waals surface area contributed by atoms with E-state index < -0.39 is 35.6 Å². The van der Waals surface area contributed by atoms with Gasteiger partial charge in [-0.1, -0.05) is 33.8 Å². The standard InChI is InChI=1S/C56H77N9O8S/c1-34-25-46(73-34)51(66)59-48-50(63-31-56(5,6)32-63)52-58-44(30-74-52)36-10-13-45-40(26-36)42(28-55(3,4)33-72-54(68)43-9-8-16-65(60-43)53(48)67)49(64(45)21-24-71-39-14-22-70-23-15-39)41-27-38(29-57-47(41)35(2)69-7)62-19-17-61(18-20-62)37-11-12-37/h10,13,26-27,29-30,34-35,37,39,43,46,48,50,60H,8-9,11-12,14-25,28,31-33H2,1-7H3,(H,59,66)/t34-,35+,43+,46?,48+,50+/m1/s1. The third-order valence-electron chi connectivity index (χ3n) is 16.5. The fourth-order valence-corrected chi connectivity index (χ4v) is 13.3. The van der Waals surface area contributed by atoms with Crippen LogP contribution >= 0.6 is 11.3 Å². The number of piperazine rings is 1. The molecule has 1 unspecified atom stereocenters. The Balaban J connectivity index is 1.06. The summed E-state index contributed by atoms with van der Waals surface area (Å²) in [4.78, 5) is 61.5. The Labute approximate surface area is 439 Å². The summed E-state index contributed by atoms with van der Waals surface area (Å²) in [6.07, 6.45) is 7.73. The van der Waals surface area contributed by atoms with Gasteiger partial charge in [0.15, 0.2) is 0 Å². The molecule has 1 saturated carbocycles. The summed E-state index contributed by atoms with van der Waals surface area (Å²) >= 11 is 1.51. The van der Waals surface area contributed by atoms with Crippen molar-refractivity contribution in [1.29, 1.82) is 0 Å². The summed E-state index contributed by atoms with van der Waals surface area (Å²) in [5.41, 5.74) is 10.6. The van der Waals surface area contributed by atoms with Crippen molar-refractivity contribution in [2.45, 2.75) is 148 Å². The van der Waals surface area contributed by atoms with Crippen molar-refractivity contribution < 1.29 is 38.1 Å². The number of rotatable bonds is 12. The number of cyclic esters (lactones) is 1. The number of carbonyl (C=O) groups is 3. The first-order valence-corrected chi connectivity index (χ1v) is 28.3. The van der Waals surface area contributed by atoms with Crippen molar-refractivity contribution >= 4 is 45.7 Å². The number of nitrogens with one attached hydrogen (secondary N) is 2. The number of amides is 2. The molecule has 6 atom stereocenters. The van der Waals surface area contributed by atoms with Crippen molar-refractivity contribution in [3.8, 4) is 22.5 Å². The van der Waals surface area contributed by atoms with E-state index in [2.05, 4.69) is 94.3 Å². The fourth-order valence-electron chi connectivity index (χ4n) is 12.3. The SMILES string of the molecule is CO[C@@H](C)c1ncc(N2CCN(C3CC3)CC2)cc1-c1c2c3cc(ccc3n1CCOC1CCOCC1)-c1csc(n1)[C@@H](N1CC(C)(C)C1)[C@H](NC(=O)C1C[C@@H](C)O1)C(=O)N1CCC[C@H](N1)C(=O)OCC(C)(C)C2. The molecule has 0 radical (unpaired) electrons. The van der Waals surface area contributed by atoms with E-state index in [1.807, 2.05) is 13.1 Å². The molecule has 7 aliphatic rings. The van der Waals surface area contributed by atoms with Crippen molar-refractivity contribution in [2.24, 2.45) is 10.8 Å². The predicted octanol–water partition coefficient (Wildman–Crippen LogP) is 6.68. The molecule has 11 rings (SSSR count). The van der Waals surface area contributed by atoms with Gasteiger partial charge in [0.05, 0.1) is 66.5 Å². The Morgan fingerprint density at radius 3 is 2.47 bits per heavy atom. The monoisotopic (exact) mass is 1040 g/mol. The van der Waals surface area contributed by atoms with Crippen LogP contribution in [0.25, 0.3) is 33.4 Å². The van der Waals surface area contributed by atoms with Crippen molar-refractivity contribution in [3.63, 3.8) is 0 Å². The number of carbonyl (C=O) groups excluding carboxylic acids is 3. The van der Waals surface area contributed by atoms with Crippen molar-refractivity contribution in [3.05, 3.63) is 52.1 Å². The normalized spacial score (nSPS) is 27.5. The summed E-state index contributed by atoms with van der Waals surface area (Å²) < 4.78 is 33.1. The number of fused-ring (bicyclic) bond motifs is 6. The molecule has 0 spiro atoms. The van der Waals surface area contributed by atoms with Crippen LogP contribution < -0.4 is 15.6 Å². The van der Waals surface area contributed by atoms with Gasteiger partial charge in [0.25, 0.3) is 5.91 Å². The van der Waals surface area contributed by atoms with Crippen LogP contribution in [0.2, 0.25) is 0 Å². The summed E-state index contributed by atoms with van der Waals surface area (Å²) in [6.45, 7) is 21.1. The zero-order valence-electron chi connectivity index (χ0n) is 44.5. The Kier molecular flexibility index (Phi) is 14.7. The number of ether oxygens (including phenoxy) is 5. The van der Waals surface area contributed by atoms with E-state index in [9.17, 15) is 9.59 Å². The van der Waals surface area contributed by atoms with Gasteiger partial charge in [0.1, 0.15) is 23.2 Å². The second-order valence-corrected chi connectivity index (χ2v) is 24.5. The number of nitrogens with zero attached hydrogens (tertiary/aromatic N) is 7. The quantitative estimate of drug-likeness (QED) is 0.144. The van der Waals surface area contributed by atoms with Gasteiger partial charge >= 0.3 is 5.97 Å². The fraction of sp³-hybridized carbons (Fsp3) is 0.661. The molecule has 9 heterocycles. The largest absolute Gasteiger partial charge is 0.464 e. The molecule has 17 nitrogen and oxygen atoms in total. The summed E-state index contributed by atoms with van der Waals surface area (Å²) in [5, 5.41) is 8.58. The Morgan fingerprint density at radius 2 is 1.76 bits per heavy atom. The van der Waals surface area contributed by atoms with E-state index in [1.165, 1.54) is 29.2 Å². The minimum absolute atomic E-state index is 0.00532. The topological polar surface area (TPSA) is 165 Å². The van der Waals surface area contributed by atoms with Gasteiger partial charge in [-0.3, -0.25) is 34.2 Å². The average Bonchev–Trinajstić information content (AvgIpc) is 4.06. The molecule has 5 saturated heterocycles. The highest BCUT2D eigenvalue weighted by Crippen LogP contribution is 2.45. The minimum atomic E-state index is -1.01. The number of pyridine rings is 1. The number of methoxy groups -OCH3 is 1. The molecule has 2 amide bonds. The Hall–Kier alpha value is -4.53. The van der Waals surface area contributed by atoms with E-state index in [0.29, 0.717) is 71.7 Å². The first kappa shape index (κ1) is 51.6. The van der Waals surface area contributed by atoms with E-state index in [1.54, 1.807) is 7.11 Å². The zero-order valence-corrected chi connectivity index (χ0v) is 45.3. The number of hydrogen-bond acceptors (Lipinski definition) is 15. The van der Waals surface area contributed by atoms with Crippen LogP contribution in [0.15, 0.2) is 35.8 Å². The zero-order chi connectivity index (χ0) is 51.5. The Morgan fingerprint density at radius 1 is 0.986 bits per heavy atom. The highest BCUT2D eigenvalue weighted by molar-refractivity contribution is 7.10. The molecule has 6 fully saturated rings. The van der Waals surface area contributed by atoms with E-state index >= 15 is 4.79 Å². The second-order valence-electron chi connectivity index (χ2n) is 23.7. The van der Waals surface area contributed by atoms with E-state index in [4.69, 9.17) is 33.7 Å². The number of hydrazine groups is 1. The van der Waals surface area contributed by atoms with E-state index in [0.717, 1.165) is 100 Å². The second kappa shape index (κ2) is 21.1. The lowest BCUT2D eigenvalue weighted by atomic mass is 9.82. The highest BCUT2D eigenvalue weighted by atomic mass is 32.1. The number of benzene rings is 1. The molecule has 3 aromatic heterocycles. The maximum atomic E-state index is 15.1. The summed E-state index contributed by atoms with van der Waals surface area (Å²) in [7, 11) is 1.74. The van der Waals surface area contributed by atoms with Gasteiger partial charge in [-0.05, 0) is 88.0 Å². The number of hydrogen-bond donors (Lipinski definition) is 2. The van der Waals surface area contributed by atoms with Gasteiger partial charge in [-0.2, -0.15) is 0 Å². The van der Waals surface area contributed by atoms with Gasteiger partial charge in [-0.25, -0.2) is 10.4 Å². The van der Waals surface area contributed by atoms with Crippen LogP contribution in [-0.4, -0.2) is 163 Å². The minimum Gasteiger partial charge on any atom is -0.464 e. The van der Waals surface area contributed by atoms with Crippen LogP contribution in [-0.2, 0) is 51.0 Å². The molecule has 6 bridgehead atoms. The van der Waals surface area contributed by atoms with Crippen LogP contribution in [0.4, 0.5) is 5.69 Å². The molecule has 400 valence electrons. The molecule has 2 N–H and O–H groups in total. The molecular formula is C56H77N9O8S. The van der Waals surface area contributed by atoms with Crippen molar-refractivity contribution in [2.75, 3.05) is 84.3 Å². The number of esters is 1. The lowest BCUT2D eigenvalue weighted by molar-refractivity contribution is -0.164. The number of likely N-dealkylation sites (tertiary alicyclic amines) is 1. The lowest BCUT2D eigenvalue weighted by Crippen LogP contribution is -2.66. The number of thiazole rings is 1. The number of aromatic nitrogens is 3. The van der Waals surface area contributed by atoms with Gasteiger partial charge in [0, 0.05) is 118 Å². The van der Waals surface area contributed by atoms with E-state index in [-0.39, 0.29) is 42.1 Å². The van der Waals surface area contributed by atoms with Gasteiger partial charge < -0.3 is 38.5 Å². The molecule has 1 aliphatic carbocycles. The van der Waals surface area contributed by atoms with Crippen molar-refractivity contribution in [1.82, 2.24) is 40.1 Å². The lowest BCUT2D eigenvalue weighted by Gasteiger charge is -2.51. The average molecular weight is 1040 g/mol. The summed E-state index contributed by atoms with van der Waals surface area (Å²) in [6, 6.07) is 7.35.